The zero-order chi connectivity index (χ0) is 12.4. The molecule has 0 saturated carbocycles. The predicted molar refractivity (Wildman–Crippen MR) is 67.2 cm³/mol. The minimum Gasteiger partial charge on any atom is -0.301 e. The molecule has 88 valence electrons. The van der Waals surface area contributed by atoms with Gasteiger partial charge in [0.1, 0.15) is 6.04 Å². The molecule has 1 saturated heterocycles. The first-order chi connectivity index (χ1) is 8.09. The first kappa shape index (κ1) is 11.7. The summed E-state index contributed by atoms with van der Waals surface area (Å²) in [4.78, 5) is 24.5. The Morgan fingerprint density at radius 3 is 2.65 bits per heavy atom. The van der Waals surface area contributed by atoms with Gasteiger partial charge < -0.3 is 5.32 Å². The third-order valence-electron chi connectivity index (χ3n) is 2.67. The SMILES string of the molecule is CC(=O)N1C(=S)NC(=O)[C@@H]1Cc1ccccc1. The summed E-state index contributed by atoms with van der Waals surface area (Å²) in [6.45, 7) is 1.41. The van der Waals surface area contributed by atoms with E-state index >= 15 is 0 Å². The molecule has 1 aliphatic rings. The van der Waals surface area contributed by atoms with Gasteiger partial charge >= 0.3 is 0 Å². The number of hydrogen-bond donors (Lipinski definition) is 1. The van der Waals surface area contributed by atoms with E-state index in [1.165, 1.54) is 11.8 Å². The Morgan fingerprint density at radius 2 is 2.06 bits per heavy atom. The van der Waals surface area contributed by atoms with E-state index in [1.54, 1.807) is 0 Å². The summed E-state index contributed by atoms with van der Waals surface area (Å²) in [7, 11) is 0. The summed E-state index contributed by atoms with van der Waals surface area (Å²) < 4.78 is 0. The molecule has 17 heavy (non-hydrogen) atoms. The second kappa shape index (κ2) is 4.63. The molecule has 2 amide bonds. The molecule has 4 nitrogen and oxygen atoms in total. The molecule has 2 rings (SSSR count). The Labute approximate surface area is 105 Å². The van der Waals surface area contributed by atoms with E-state index in [0.29, 0.717) is 6.42 Å². The maximum absolute atomic E-state index is 11.7. The van der Waals surface area contributed by atoms with Crippen molar-refractivity contribution in [1.82, 2.24) is 10.2 Å². The van der Waals surface area contributed by atoms with Crippen molar-refractivity contribution >= 4 is 29.1 Å². The summed E-state index contributed by atoms with van der Waals surface area (Å²) in [5.41, 5.74) is 1.00. The second-order valence-electron chi connectivity index (χ2n) is 3.89. The maximum Gasteiger partial charge on any atom is 0.249 e. The Balaban J connectivity index is 2.21. The lowest BCUT2D eigenvalue weighted by Crippen LogP contribution is -2.40. The van der Waals surface area contributed by atoms with Crippen molar-refractivity contribution in [2.45, 2.75) is 19.4 Å². The quantitative estimate of drug-likeness (QED) is 0.790. The van der Waals surface area contributed by atoms with Gasteiger partial charge in [-0.15, -0.1) is 0 Å². The molecule has 1 aromatic carbocycles. The highest BCUT2D eigenvalue weighted by molar-refractivity contribution is 7.80. The molecule has 1 N–H and O–H groups in total. The molecule has 0 aromatic heterocycles. The number of carbonyl (C=O) groups is 2. The topological polar surface area (TPSA) is 49.4 Å². The van der Waals surface area contributed by atoms with Gasteiger partial charge in [0.25, 0.3) is 0 Å². The summed E-state index contributed by atoms with van der Waals surface area (Å²) in [6, 6.07) is 9.03. The summed E-state index contributed by atoms with van der Waals surface area (Å²) in [5.74, 6) is -0.427. The minimum atomic E-state index is -0.526. The number of nitrogens with one attached hydrogen (secondary N) is 1. The van der Waals surface area contributed by atoms with Crippen molar-refractivity contribution in [3.8, 4) is 0 Å². The van der Waals surface area contributed by atoms with Gasteiger partial charge in [-0.1, -0.05) is 30.3 Å². The van der Waals surface area contributed by atoms with Gasteiger partial charge in [0.15, 0.2) is 5.11 Å². The minimum absolute atomic E-state index is 0.198. The number of carbonyl (C=O) groups excluding carboxylic acids is 2. The van der Waals surface area contributed by atoms with Crippen molar-refractivity contribution in [1.29, 1.82) is 0 Å². The first-order valence-electron chi connectivity index (χ1n) is 5.28. The molecule has 5 heteroatoms. The maximum atomic E-state index is 11.7. The van der Waals surface area contributed by atoms with Crippen molar-refractivity contribution in [2.75, 3.05) is 0 Å². The number of hydrogen-bond acceptors (Lipinski definition) is 3. The molecule has 1 aliphatic heterocycles. The monoisotopic (exact) mass is 248 g/mol. The van der Waals surface area contributed by atoms with E-state index in [-0.39, 0.29) is 16.9 Å². The largest absolute Gasteiger partial charge is 0.301 e. The average molecular weight is 248 g/mol. The van der Waals surface area contributed by atoms with Gasteiger partial charge in [-0.25, -0.2) is 0 Å². The standard InChI is InChI=1S/C12H12N2O2S/c1-8(15)14-10(11(16)13-12(14)17)7-9-5-3-2-4-6-9/h2-6,10H,7H2,1H3,(H,13,16,17)/t10-/m0/s1. The van der Waals surface area contributed by atoms with Crippen LogP contribution in [0.4, 0.5) is 0 Å². The van der Waals surface area contributed by atoms with Gasteiger partial charge in [-0.05, 0) is 17.8 Å². The fourth-order valence-electron chi connectivity index (χ4n) is 1.89. The highest BCUT2D eigenvalue weighted by atomic mass is 32.1. The van der Waals surface area contributed by atoms with Gasteiger partial charge in [-0.2, -0.15) is 0 Å². The van der Waals surface area contributed by atoms with Crippen LogP contribution in [0.5, 0.6) is 0 Å². The van der Waals surface area contributed by atoms with Crippen LogP contribution < -0.4 is 5.32 Å². The highest BCUT2D eigenvalue weighted by Crippen LogP contribution is 2.14. The molecular weight excluding hydrogens is 236 g/mol. The molecule has 0 aliphatic carbocycles. The van der Waals surface area contributed by atoms with Gasteiger partial charge in [0.05, 0.1) is 0 Å². The van der Waals surface area contributed by atoms with Gasteiger partial charge in [0, 0.05) is 13.3 Å². The summed E-state index contributed by atoms with van der Waals surface area (Å²) in [6.07, 6.45) is 0.479. The van der Waals surface area contributed by atoms with E-state index in [1.807, 2.05) is 30.3 Å². The van der Waals surface area contributed by atoms with Crippen molar-refractivity contribution in [2.24, 2.45) is 0 Å². The third-order valence-corrected chi connectivity index (χ3v) is 2.97. The van der Waals surface area contributed by atoms with Gasteiger partial charge in [0.2, 0.25) is 11.8 Å². The number of amides is 2. The highest BCUT2D eigenvalue weighted by Gasteiger charge is 2.38. The fraction of sp³-hybridized carbons (Fsp3) is 0.250. The number of benzene rings is 1. The van der Waals surface area contributed by atoms with E-state index < -0.39 is 6.04 Å². The van der Waals surface area contributed by atoms with Crippen LogP contribution in [0.2, 0.25) is 0 Å². The van der Waals surface area contributed by atoms with Crippen LogP contribution in [-0.4, -0.2) is 27.9 Å². The van der Waals surface area contributed by atoms with Crippen LogP contribution in [0.15, 0.2) is 30.3 Å². The van der Waals surface area contributed by atoms with Crippen molar-refractivity contribution < 1.29 is 9.59 Å². The number of nitrogens with zero attached hydrogens (tertiary/aromatic N) is 1. The molecule has 0 radical (unpaired) electrons. The van der Waals surface area contributed by atoms with E-state index in [0.717, 1.165) is 5.56 Å². The van der Waals surface area contributed by atoms with Crippen LogP contribution >= 0.6 is 12.2 Å². The molecule has 0 unspecified atom stereocenters. The van der Waals surface area contributed by atoms with Crippen molar-refractivity contribution in [3.05, 3.63) is 35.9 Å². The number of thiocarbonyl (C=S) groups is 1. The zero-order valence-electron chi connectivity index (χ0n) is 9.34. The lowest BCUT2D eigenvalue weighted by atomic mass is 10.1. The van der Waals surface area contributed by atoms with Crippen LogP contribution in [0.1, 0.15) is 12.5 Å². The van der Waals surface area contributed by atoms with Crippen LogP contribution in [0.25, 0.3) is 0 Å². The molecule has 0 spiro atoms. The number of rotatable bonds is 2. The van der Waals surface area contributed by atoms with Crippen LogP contribution in [0, 0.1) is 0 Å². The molecule has 1 fully saturated rings. The molecule has 0 bridgehead atoms. The smallest absolute Gasteiger partial charge is 0.249 e. The average Bonchev–Trinajstić information content (AvgIpc) is 2.55. The molecule has 1 atom stereocenters. The van der Waals surface area contributed by atoms with Crippen LogP contribution in [-0.2, 0) is 16.0 Å². The Hall–Kier alpha value is -1.75. The molecular formula is C12H12N2O2S. The zero-order valence-corrected chi connectivity index (χ0v) is 10.2. The summed E-state index contributed by atoms with van der Waals surface area (Å²) >= 11 is 4.96. The van der Waals surface area contributed by atoms with Crippen molar-refractivity contribution in [3.63, 3.8) is 0 Å². The predicted octanol–water partition coefficient (Wildman–Crippen LogP) is 0.861. The normalized spacial score (nSPS) is 19.4. The lowest BCUT2D eigenvalue weighted by Gasteiger charge is -2.19. The van der Waals surface area contributed by atoms with Crippen LogP contribution in [0.3, 0.4) is 0 Å². The van der Waals surface area contributed by atoms with E-state index in [9.17, 15) is 9.59 Å². The Bertz CT molecular complexity index is 473. The first-order valence-corrected chi connectivity index (χ1v) is 5.69. The second-order valence-corrected chi connectivity index (χ2v) is 4.28. The summed E-state index contributed by atoms with van der Waals surface area (Å²) in [5, 5.41) is 2.71. The Morgan fingerprint density at radius 1 is 1.41 bits per heavy atom. The fourth-order valence-corrected chi connectivity index (χ4v) is 2.25. The van der Waals surface area contributed by atoms with E-state index in [4.69, 9.17) is 12.2 Å². The third kappa shape index (κ3) is 2.34. The Kier molecular flexibility index (Phi) is 3.19. The molecule has 1 aromatic rings. The lowest BCUT2D eigenvalue weighted by molar-refractivity contribution is -0.131. The van der Waals surface area contributed by atoms with E-state index in [2.05, 4.69) is 5.32 Å². The van der Waals surface area contributed by atoms with Gasteiger partial charge in [-0.3, -0.25) is 14.5 Å². The molecule has 1 heterocycles.